The zero-order valence-corrected chi connectivity index (χ0v) is 10.7. The molecule has 0 fully saturated rings. The number of hydrogen-bond donors (Lipinski definition) is 1. The van der Waals surface area contributed by atoms with E-state index in [0.717, 1.165) is 22.8 Å². The van der Waals surface area contributed by atoms with Gasteiger partial charge in [-0.15, -0.1) is 0 Å². The number of benzene rings is 1. The van der Waals surface area contributed by atoms with E-state index in [2.05, 4.69) is 21.4 Å². The van der Waals surface area contributed by atoms with Crippen LogP contribution in [0.4, 0.5) is 5.82 Å². The van der Waals surface area contributed by atoms with Gasteiger partial charge in [0.2, 0.25) is 0 Å². The van der Waals surface area contributed by atoms with Gasteiger partial charge in [-0.1, -0.05) is 12.1 Å². The molecule has 1 heterocycles. The van der Waals surface area contributed by atoms with Gasteiger partial charge >= 0.3 is 0 Å². The fourth-order valence-corrected chi connectivity index (χ4v) is 1.68. The highest BCUT2D eigenvalue weighted by molar-refractivity contribution is 5.40. The summed E-state index contributed by atoms with van der Waals surface area (Å²) >= 11 is 0. The summed E-state index contributed by atoms with van der Waals surface area (Å²) in [6.45, 7) is 5.31. The first-order valence-corrected chi connectivity index (χ1v) is 6.03. The maximum Gasteiger partial charge on any atom is 0.147 e. The van der Waals surface area contributed by atoms with Crippen LogP contribution < -0.4 is 10.1 Å². The van der Waals surface area contributed by atoms with E-state index in [1.165, 1.54) is 0 Å². The molecular formula is C14H17N3O. The quantitative estimate of drug-likeness (QED) is 0.877. The lowest BCUT2D eigenvalue weighted by Crippen LogP contribution is -2.04. The van der Waals surface area contributed by atoms with E-state index >= 15 is 0 Å². The van der Waals surface area contributed by atoms with Gasteiger partial charge in [-0.3, -0.25) is 4.98 Å². The molecule has 0 aliphatic carbocycles. The molecule has 2 aromatic rings. The first-order chi connectivity index (χ1) is 8.79. The molecule has 0 bridgehead atoms. The molecule has 4 nitrogen and oxygen atoms in total. The minimum Gasteiger partial charge on any atom is -0.494 e. The Kier molecular flexibility index (Phi) is 4.12. The monoisotopic (exact) mass is 243 g/mol. The van der Waals surface area contributed by atoms with Crippen molar-refractivity contribution < 1.29 is 4.74 Å². The van der Waals surface area contributed by atoms with Crippen LogP contribution in [0.25, 0.3) is 0 Å². The first kappa shape index (κ1) is 12.4. The standard InChI is InChI=1S/C14H17N3O/c1-3-18-13-6-4-5-12(9-13)10-17-14-11(2)15-7-8-16-14/h4-9H,3,10H2,1-2H3,(H,16,17). The number of aryl methyl sites for hydroxylation is 1. The summed E-state index contributed by atoms with van der Waals surface area (Å²) in [5, 5.41) is 3.27. The van der Waals surface area contributed by atoms with Crippen molar-refractivity contribution in [2.24, 2.45) is 0 Å². The van der Waals surface area contributed by atoms with Gasteiger partial charge in [0.15, 0.2) is 0 Å². The number of aromatic nitrogens is 2. The van der Waals surface area contributed by atoms with Crippen LogP contribution >= 0.6 is 0 Å². The molecule has 1 aromatic heterocycles. The van der Waals surface area contributed by atoms with E-state index in [-0.39, 0.29) is 0 Å². The van der Waals surface area contributed by atoms with Gasteiger partial charge < -0.3 is 10.1 Å². The minimum atomic E-state index is 0.681. The van der Waals surface area contributed by atoms with E-state index in [1.807, 2.05) is 32.0 Å². The Morgan fingerprint density at radius 1 is 1.22 bits per heavy atom. The molecule has 1 aromatic carbocycles. The zero-order chi connectivity index (χ0) is 12.8. The largest absolute Gasteiger partial charge is 0.494 e. The number of nitrogens with zero attached hydrogens (tertiary/aromatic N) is 2. The zero-order valence-electron chi connectivity index (χ0n) is 10.7. The van der Waals surface area contributed by atoms with Crippen molar-refractivity contribution in [1.82, 2.24) is 9.97 Å². The number of rotatable bonds is 5. The van der Waals surface area contributed by atoms with E-state index in [9.17, 15) is 0 Å². The van der Waals surface area contributed by atoms with Crippen LogP contribution in [0.1, 0.15) is 18.2 Å². The highest BCUT2D eigenvalue weighted by Crippen LogP contribution is 2.15. The third-order valence-corrected chi connectivity index (χ3v) is 2.55. The van der Waals surface area contributed by atoms with Gasteiger partial charge in [-0.2, -0.15) is 0 Å². The Morgan fingerprint density at radius 3 is 2.83 bits per heavy atom. The van der Waals surface area contributed by atoms with Gasteiger partial charge in [-0.25, -0.2) is 4.98 Å². The second kappa shape index (κ2) is 6.00. The van der Waals surface area contributed by atoms with Crippen LogP contribution in [0.2, 0.25) is 0 Å². The lowest BCUT2D eigenvalue weighted by molar-refractivity contribution is 0.340. The second-order valence-electron chi connectivity index (χ2n) is 3.92. The summed E-state index contributed by atoms with van der Waals surface area (Å²) < 4.78 is 5.47. The van der Waals surface area contributed by atoms with Crippen molar-refractivity contribution in [2.75, 3.05) is 11.9 Å². The summed E-state index contributed by atoms with van der Waals surface area (Å²) in [5.74, 6) is 1.71. The van der Waals surface area contributed by atoms with Crippen LogP contribution in [0, 0.1) is 6.92 Å². The van der Waals surface area contributed by atoms with Crippen molar-refractivity contribution in [3.63, 3.8) is 0 Å². The predicted octanol–water partition coefficient (Wildman–Crippen LogP) is 2.80. The predicted molar refractivity (Wildman–Crippen MR) is 71.7 cm³/mol. The number of hydrogen-bond acceptors (Lipinski definition) is 4. The highest BCUT2D eigenvalue weighted by atomic mass is 16.5. The Balaban J connectivity index is 2.02. The van der Waals surface area contributed by atoms with Gasteiger partial charge in [0.1, 0.15) is 11.6 Å². The summed E-state index contributed by atoms with van der Waals surface area (Å²) in [7, 11) is 0. The van der Waals surface area contributed by atoms with Crippen molar-refractivity contribution in [3.05, 3.63) is 47.9 Å². The van der Waals surface area contributed by atoms with Gasteiger partial charge in [0.05, 0.1) is 12.3 Å². The summed E-state index contributed by atoms with van der Waals surface area (Å²) in [5.41, 5.74) is 2.06. The molecule has 1 N–H and O–H groups in total. The fraction of sp³-hybridized carbons (Fsp3) is 0.286. The van der Waals surface area contributed by atoms with Crippen LogP contribution in [0.15, 0.2) is 36.7 Å². The smallest absolute Gasteiger partial charge is 0.147 e. The van der Waals surface area contributed by atoms with Crippen LogP contribution in [-0.4, -0.2) is 16.6 Å². The molecular weight excluding hydrogens is 226 g/mol. The number of nitrogens with one attached hydrogen (secondary N) is 1. The molecule has 0 aliphatic heterocycles. The van der Waals surface area contributed by atoms with Crippen molar-refractivity contribution in [1.29, 1.82) is 0 Å². The lowest BCUT2D eigenvalue weighted by atomic mass is 10.2. The van der Waals surface area contributed by atoms with E-state index in [0.29, 0.717) is 13.2 Å². The molecule has 0 unspecified atom stereocenters. The minimum absolute atomic E-state index is 0.681. The SMILES string of the molecule is CCOc1cccc(CNc2nccnc2C)c1. The molecule has 0 radical (unpaired) electrons. The van der Waals surface area contributed by atoms with Crippen LogP contribution in [0.5, 0.6) is 5.75 Å². The molecule has 0 spiro atoms. The Bertz CT molecular complexity index is 514. The van der Waals surface area contributed by atoms with Gasteiger partial charge in [0, 0.05) is 18.9 Å². The number of ether oxygens (including phenoxy) is 1. The van der Waals surface area contributed by atoms with E-state index in [4.69, 9.17) is 4.74 Å². The molecule has 0 atom stereocenters. The number of anilines is 1. The Morgan fingerprint density at radius 2 is 2.06 bits per heavy atom. The average molecular weight is 243 g/mol. The van der Waals surface area contributed by atoms with Crippen molar-refractivity contribution >= 4 is 5.82 Å². The second-order valence-corrected chi connectivity index (χ2v) is 3.92. The van der Waals surface area contributed by atoms with Crippen LogP contribution in [-0.2, 0) is 6.54 Å². The molecule has 0 aliphatic rings. The molecule has 0 saturated carbocycles. The maximum atomic E-state index is 5.47. The average Bonchev–Trinajstić information content (AvgIpc) is 2.39. The van der Waals surface area contributed by atoms with Crippen LogP contribution in [0.3, 0.4) is 0 Å². The molecule has 94 valence electrons. The third-order valence-electron chi connectivity index (χ3n) is 2.55. The van der Waals surface area contributed by atoms with Crippen molar-refractivity contribution in [3.8, 4) is 5.75 Å². The normalized spacial score (nSPS) is 10.1. The Labute approximate surface area is 107 Å². The van der Waals surface area contributed by atoms with Gasteiger partial charge in [-0.05, 0) is 31.5 Å². The third kappa shape index (κ3) is 3.20. The van der Waals surface area contributed by atoms with Gasteiger partial charge in [0.25, 0.3) is 0 Å². The summed E-state index contributed by atoms with van der Waals surface area (Å²) in [6, 6.07) is 8.04. The maximum absolute atomic E-state index is 5.47. The molecule has 4 heteroatoms. The first-order valence-electron chi connectivity index (χ1n) is 6.03. The Hall–Kier alpha value is -2.10. The fourth-order valence-electron chi connectivity index (χ4n) is 1.68. The molecule has 18 heavy (non-hydrogen) atoms. The topological polar surface area (TPSA) is 47.0 Å². The lowest BCUT2D eigenvalue weighted by Gasteiger charge is -2.09. The van der Waals surface area contributed by atoms with Crippen molar-refractivity contribution in [2.45, 2.75) is 20.4 Å². The molecule has 2 rings (SSSR count). The summed E-state index contributed by atoms with van der Waals surface area (Å²) in [6.07, 6.45) is 3.38. The summed E-state index contributed by atoms with van der Waals surface area (Å²) in [4.78, 5) is 8.44. The van der Waals surface area contributed by atoms with E-state index in [1.54, 1.807) is 12.4 Å². The van der Waals surface area contributed by atoms with E-state index < -0.39 is 0 Å². The molecule has 0 saturated heterocycles. The highest BCUT2D eigenvalue weighted by Gasteiger charge is 2.00. The molecule has 0 amide bonds.